The lowest BCUT2D eigenvalue weighted by atomic mass is 9.99. The van der Waals surface area contributed by atoms with E-state index in [0.29, 0.717) is 5.75 Å². The molecule has 1 rings (SSSR count). The highest BCUT2D eigenvalue weighted by molar-refractivity contribution is 7.78. The number of nitrogens with zero attached hydrogens (tertiary/aromatic N) is 1. The first-order chi connectivity index (χ1) is 8.99. The van der Waals surface area contributed by atoms with Crippen LogP contribution in [0.15, 0.2) is 17.1 Å². The van der Waals surface area contributed by atoms with E-state index in [1.807, 2.05) is 32.9 Å². The van der Waals surface area contributed by atoms with Crippen LogP contribution >= 0.6 is 12.2 Å². The van der Waals surface area contributed by atoms with Crippen molar-refractivity contribution in [1.29, 1.82) is 0 Å². The summed E-state index contributed by atoms with van der Waals surface area (Å²) >= 11 is 4.63. The zero-order valence-electron chi connectivity index (χ0n) is 11.5. The first-order valence-electron chi connectivity index (χ1n) is 5.91. The predicted molar refractivity (Wildman–Crippen MR) is 77.5 cm³/mol. The fourth-order valence-electron chi connectivity index (χ4n) is 1.63. The number of rotatable bonds is 5. The third-order valence-corrected chi connectivity index (χ3v) is 2.78. The maximum atomic E-state index is 11.1. The third-order valence-electron chi connectivity index (χ3n) is 2.69. The Kier molecular flexibility index (Phi) is 5.67. The van der Waals surface area contributed by atoms with E-state index in [1.54, 1.807) is 0 Å². The third kappa shape index (κ3) is 4.16. The van der Waals surface area contributed by atoms with Crippen molar-refractivity contribution in [1.82, 2.24) is 0 Å². The molecule has 0 saturated heterocycles. The molecule has 4 nitrogen and oxygen atoms in total. The van der Waals surface area contributed by atoms with Crippen LogP contribution in [0.2, 0.25) is 0 Å². The number of carbonyl (C=O) groups excluding carboxylic acids is 1. The summed E-state index contributed by atoms with van der Waals surface area (Å²) in [5, 5.41) is 2.36. The molecule has 19 heavy (non-hydrogen) atoms. The minimum Gasteiger partial charge on any atom is -0.482 e. The van der Waals surface area contributed by atoms with Gasteiger partial charge in [0.2, 0.25) is 0 Å². The van der Waals surface area contributed by atoms with Gasteiger partial charge in [-0.25, -0.2) is 4.79 Å². The van der Waals surface area contributed by atoms with Crippen LogP contribution in [-0.2, 0) is 9.53 Å². The highest BCUT2D eigenvalue weighted by Crippen LogP contribution is 2.33. The van der Waals surface area contributed by atoms with E-state index >= 15 is 0 Å². The molecule has 0 fully saturated rings. The number of aliphatic imine (C=N–C) groups is 1. The average molecular weight is 279 g/mol. The Morgan fingerprint density at radius 3 is 2.68 bits per heavy atom. The average Bonchev–Trinajstić information content (AvgIpc) is 2.38. The second kappa shape index (κ2) is 7.02. The first-order valence-corrected chi connectivity index (χ1v) is 6.32. The highest BCUT2D eigenvalue weighted by atomic mass is 32.1. The van der Waals surface area contributed by atoms with Crippen LogP contribution in [0, 0.1) is 6.92 Å². The Morgan fingerprint density at radius 2 is 2.16 bits per heavy atom. The quantitative estimate of drug-likeness (QED) is 0.471. The molecule has 0 atom stereocenters. The van der Waals surface area contributed by atoms with Gasteiger partial charge in [0.05, 0.1) is 18.0 Å². The molecule has 0 saturated carbocycles. The van der Waals surface area contributed by atoms with Crippen molar-refractivity contribution in [2.45, 2.75) is 26.7 Å². The molecule has 0 amide bonds. The Hall–Kier alpha value is -1.71. The van der Waals surface area contributed by atoms with Crippen LogP contribution in [0.4, 0.5) is 5.69 Å². The molecule has 0 aliphatic heterocycles. The number of thiocarbonyl (C=S) groups is 1. The van der Waals surface area contributed by atoms with E-state index in [0.717, 1.165) is 16.8 Å². The lowest BCUT2D eigenvalue weighted by Gasteiger charge is -2.15. The van der Waals surface area contributed by atoms with Crippen molar-refractivity contribution in [3.8, 4) is 5.75 Å². The molecule has 0 radical (unpaired) electrons. The molecule has 102 valence electrons. The maximum absolute atomic E-state index is 11.1. The van der Waals surface area contributed by atoms with Crippen molar-refractivity contribution >= 4 is 29.0 Å². The topological polar surface area (TPSA) is 47.9 Å². The van der Waals surface area contributed by atoms with Gasteiger partial charge in [0.15, 0.2) is 6.61 Å². The Morgan fingerprint density at radius 1 is 1.47 bits per heavy atom. The van der Waals surface area contributed by atoms with Crippen molar-refractivity contribution in [3.05, 3.63) is 23.3 Å². The van der Waals surface area contributed by atoms with Gasteiger partial charge in [0.25, 0.3) is 0 Å². The minimum absolute atomic E-state index is 0.106. The number of ether oxygens (including phenoxy) is 2. The summed E-state index contributed by atoms with van der Waals surface area (Å²) in [6, 6.07) is 3.76. The summed E-state index contributed by atoms with van der Waals surface area (Å²) in [5.74, 6) is 0.502. The molecule has 0 N–H and O–H groups in total. The Balaban J connectivity index is 3.12. The van der Waals surface area contributed by atoms with E-state index < -0.39 is 5.97 Å². The molecule has 0 aliphatic rings. The van der Waals surface area contributed by atoms with Crippen LogP contribution in [0.5, 0.6) is 5.75 Å². The number of carbonyl (C=O) groups is 1. The number of benzene rings is 1. The van der Waals surface area contributed by atoms with E-state index in [4.69, 9.17) is 4.74 Å². The fourth-order valence-corrected chi connectivity index (χ4v) is 1.73. The minimum atomic E-state index is -0.409. The van der Waals surface area contributed by atoms with E-state index in [9.17, 15) is 4.79 Å². The summed E-state index contributed by atoms with van der Waals surface area (Å²) in [7, 11) is 1.33. The fraction of sp³-hybridized carbons (Fsp3) is 0.429. The van der Waals surface area contributed by atoms with Gasteiger partial charge in [-0.2, -0.15) is 4.99 Å². The number of aryl methyl sites for hydroxylation is 1. The van der Waals surface area contributed by atoms with Gasteiger partial charge in [-0.05, 0) is 48.3 Å². The van der Waals surface area contributed by atoms with Crippen LogP contribution in [0.25, 0.3) is 0 Å². The summed E-state index contributed by atoms with van der Waals surface area (Å²) < 4.78 is 10.1. The van der Waals surface area contributed by atoms with Gasteiger partial charge in [0, 0.05) is 0 Å². The molecule has 5 heteroatoms. The number of esters is 1. The molecule has 0 aliphatic carbocycles. The van der Waals surface area contributed by atoms with Crippen molar-refractivity contribution in [2.75, 3.05) is 13.7 Å². The Bertz CT molecular complexity index is 520. The Labute approximate surface area is 118 Å². The van der Waals surface area contributed by atoms with Gasteiger partial charge >= 0.3 is 5.97 Å². The van der Waals surface area contributed by atoms with Crippen LogP contribution in [0.3, 0.4) is 0 Å². The summed E-state index contributed by atoms with van der Waals surface area (Å²) in [5.41, 5.74) is 2.66. The molecule has 0 bridgehead atoms. The van der Waals surface area contributed by atoms with Crippen molar-refractivity contribution in [2.24, 2.45) is 4.99 Å². The highest BCUT2D eigenvalue weighted by Gasteiger charge is 2.13. The summed E-state index contributed by atoms with van der Waals surface area (Å²) in [6.45, 7) is 5.88. The molecule has 0 heterocycles. The number of methoxy groups -OCH3 is 1. The van der Waals surface area contributed by atoms with Gasteiger partial charge in [-0.3, -0.25) is 0 Å². The second-order valence-corrected chi connectivity index (χ2v) is 4.58. The largest absolute Gasteiger partial charge is 0.482 e. The van der Waals surface area contributed by atoms with Crippen LogP contribution < -0.4 is 4.74 Å². The number of hydrogen-bond donors (Lipinski definition) is 0. The lowest BCUT2D eigenvalue weighted by molar-refractivity contribution is -0.142. The van der Waals surface area contributed by atoms with Crippen LogP contribution in [-0.4, -0.2) is 24.8 Å². The molecule has 0 aromatic heterocycles. The zero-order chi connectivity index (χ0) is 14.4. The molecule has 0 spiro atoms. The normalized spacial score (nSPS) is 9.95. The first kappa shape index (κ1) is 15.3. The van der Waals surface area contributed by atoms with Gasteiger partial charge in [0.1, 0.15) is 5.75 Å². The molecular weight excluding hydrogens is 262 g/mol. The van der Waals surface area contributed by atoms with Crippen molar-refractivity contribution in [3.63, 3.8) is 0 Å². The molecule has 1 aromatic rings. The van der Waals surface area contributed by atoms with Crippen LogP contribution in [0.1, 0.15) is 30.9 Å². The summed E-state index contributed by atoms with van der Waals surface area (Å²) in [4.78, 5) is 15.2. The van der Waals surface area contributed by atoms with Crippen molar-refractivity contribution < 1.29 is 14.3 Å². The van der Waals surface area contributed by atoms with E-state index in [-0.39, 0.29) is 12.5 Å². The molecular formula is C14H17NO3S. The van der Waals surface area contributed by atoms with E-state index in [1.165, 1.54) is 7.11 Å². The zero-order valence-corrected chi connectivity index (χ0v) is 12.3. The lowest BCUT2D eigenvalue weighted by Crippen LogP contribution is -2.13. The standard InChI is InChI=1S/C14H17NO3S/c1-9(2)11-6-12(15-8-19)10(3)5-13(11)18-7-14(16)17-4/h5-6,9H,7H2,1-4H3. The second-order valence-electron chi connectivity index (χ2n) is 4.40. The molecule has 0 unspecified atom stereocenters. The van der Waals surface area contributed by atoms with Gasteiger partial charge in [-0.15, -0.1) is 0 Å². The smallest absolute Gasteiger partial charge is 0.343 e. The number of hydrogen-bond acceptors (Lipinski definition) is 5. The van der Waals surface area contributed by atoms with Gasteiger partial charge in [-0.1, -0.05) is 13.8 Å². The summed E-state index contributed by atoms with van der Waals surface area (Å²) in [6.07, 6.45) is 0. The van der Waals surface area contributed by atoms with Gasteiger partial charge < -0.3 is 9.47 Å². The SMILES string of the molecule is COC(=O)COc1cc(C)c(N=C=S)cc1C(C)C. The molecule has 1 aromatic carbocycles. The predicted octanol–water partition coefficient (Wildman–Crippen LogP) is 3.40. The monoisotopic (exact) mass is 279 g/mol. The maximum Gasteiger partial charge on any atom is 0.343 e. The van der Waals surface area contributed by atoms with E-state index in [2.05, 4.69) is 27.1 Å². The number of isothiocyanates is 1.